The molecule has 2 heteroatoms. The molecule has 0 radical (unpaired) electrons. The Bertz CT molecular complexity index is 570. The molecule has 1 aliphatic carbocycles. The third-order valence-corrected chi connectivity index (χ3v) is 4.07. The Morgan fingerprint density at radius 3 is 2.63 bits per heavy atom. The Hall–Kier alpha value is -1.54. The van der Waals surface area contributed by atoms with Gasteiger partial charge in [-0.3, -0.25) is 0 Å². The fraction of sp³-hybridized carbons (Fsp3) is 0.412. The molecule has 0 spiro atoms. The van der Waals surface area contributed by atoms with Crippen molar-refractivity contribution >= 4 is 0 Å². The number of hydrogen-bond acceptors (Lipinski definition) is 2. The van der Waals surface area contributed by atoms with Crippen LogP contribution >= 0.6 is 0 Å². The van der Waals surface area contributed by atoms with Gasteiger partial charge in [-0.15, -0.1) is 0 Å². The van der Waals surface area contributed by atoms with Crippen molar-refractivity contribution in [1.82, 2.24) is 0 Å². The van der Waals surface area contributed by atoms with Crippen molar-refractivity contribution in [2.24, 2.45) is 5.73 Å². The van der Waals surface area contributed by atoms with Gasteiger partial charge in [0.2, 0.25) is 0 Å². The van der Waals surface area contributed by atoms with Gasteiger partial charge in [-0.05, 0) is 54.5 Å². The molecule has 1 atom stereocenters. The van der Waals surface area contributed by atoms with Crippen LogP contribution in [0.2, 0.25) is 0 Å². The number of fused-ring (bicyclic) bond motifs is 1. The normalized spacial score (nSPS) is 16.1. The Morgan fingerprint density at radius 1 is 1.11 bits per heavy atom. The monoisotopic (exact) mass is 255 g/mol. The highest BCUT2D eigenvalue weighted by Crippen LogP contribution is 2.27. The molecule has 3 rings (SSSR count). The van der Waals surface area contributed by atoms with Crippen molar-refractivity contribution in [2.45, 2.75) is 45.1 Å². The molecule has 1 heterocycles. The van der Waals surface area contributed by atoms with Crippen LogP contribution in [0.4, 0.5) is 0 Å². The topological polar surface area (TPSA) is 39.2 Å². The van der Waals surface area contributed by atoms with Gasteiger partial charge in [-0.1, -0.05) is 25.1 Å². The Balaban J connectivity index is 1.88. The quantitative estimate of drug-likeness (QED) is 0.906. The fourth-order valence-electron chi connectivity index (χ4n) is 2.86. The van der Waals surface area contributed by atoms with Crippen LogP contribution in [0, 0.1) is 0 Å². The van der Waals surface area contributed by atoms with E-state index in [2.05, 4.69) is 25.1 Å². The molecule has 0 fully saturated rings. The van der Waals surface area contributed by atoms with Crippen LogP contribution in [-0.4, -0.2) is 0 Å². The van der Waals surface area contributed by atoms with E-state index in [9.17, 15) is 0 Å². The van der Waals surface area contributed by atoms with Gasteiger partial charge >= 0.3 is 0 Å². The molecule has 1 aromatic carbocycles. The average molecular weight is 255 g/mol. The number of aryl methyl sites for hydroxylation is 3. The summed E-state index contributed by atoms with van der Waals surface area (Å²) in [6.07, 6.45) is 5.93. The summed E-state index contributed by atoms with van der Waals surface area (Å²) < 4.78 is 5.77. The molecule has 1 aromatic heterocycles. The van der Waals surface area contributed by atoms with Gasteiger partial charge < -0.3 is 10.2 Å². The van der Waals surface area contributed by atoms with Gasteiger partial charge in [0.15, 0.2) is 0 Å². The molecular weight excluding hydrogens is 234 g/mol. The summed E-state index contributed by atoms with van der Waals surface area (Å²) in [7, 11) is 0. The van der Waals surface area contributed by atoms with E-state index in [1.165, 1.54) is 36.8 Å². The lowest BCUT2D eigenvalue weighted by Gasteiger charge is -2.18. The van der Waals surface area contributed by atoms with Crippen LogP contribution in [0.5, 0.6) is 0 Å². The van der Waals surface area contributed by atoms with E-state index < -0.39 is 0 Å². The number of rotatable bonds is 3. The molecule has 1 unspecified atom stereocenters. The smallest absolute Gasteiger partial charge is 0.125 e. The van der Waals surface area contributed by atoms with E-state index in [0.717, 1.165) is 23.5 Å². The van der Waals surface area contributed by atoms with Gasteiger partial charge in [0.25, 0.3) is 0 Å². The first kappa shape index (κ1) is 12.5. The molecule has 0 aliphatic heterocycles. The second-order valence-electron chi connectivity index (χ2n) is 5.37. The molecule has 2 nitrogen and oxygen atoms in total. The molecule has 0 amide bonds. The average Bonchev–Trinajstić information content (AvgIpc) is 2.95. The molecule has 1 aliphatic rings. The largest absolute Gasteiger partial charge is 0.464 e. The van der Waals surface area contributed by atoms with Crippen molar-refractivity contribution in [1.29, 1.82) is 0 Å². The maximum absolute atomic E-state index is 6.32. The van der Waals surface area contributed by atoms with E-state index in [0.29, 0.717) is 0 Å². The Labute approximate surface area is 114 Å². The summed E-state index contributed by atoms with van der Waals surface area (Å²) in [4.78, 5) is 0. The molecule has 100 valence electrons. The van der Waals surface area contributed by atoms with Crippen LogP contribution in [0.25, 0.3) is 0 Å². The summed E-state index contributed by atoms with van der Waals surface area (Å²) in [6.45, 7) is 2.09. The van der Waals surface area contributed by atoms with E-state index >= 15 is 0 Å². The van der Waals surface area contributed by atoms with E-state index in [1.54, 1.807) is 0 Å². The summed E-state index contributed by atoms with van der Waals surface area (Å²) in [5.74, 6) is 1.87. The van der Waals surface area contributed by atoms with Gasteiger partial charge in [0.1, 0.15) is 11.5 Å². The molecule has 2 aromatic rings. The van der Waals surface area contributed by atoms with Crippen LogP contribution in [0.3, 0.4) is 0 Å². The highest BCUT2D eigenvalue weighted by molar-refractivity contribution is 5.37. The molecule has 0 saturated heterocycles. The zero-order valence-electron chi connectivity index (χ0n) is 11.5. The minimum absolute atomic E-state index is 0.146. The third-order valence-electron chi connectivity index (χ3n) is 4.07. The number of hydrogen-bond donors (Lipinski definition) is 1. The lowest BCUT2D eigenvalue weighted by Crippen LogP contribution is -2.12. The van der Waals surface area contributed by atoms with Crippen molar-refractivity contribution in [3.8, 4) is 0 Å². The van der Waals surface area contributed by atoms with E-state index in [1.807, 2.05) is 12.1 Å². The van der Waals surface area contributed by atoms with Gasteiger partial charge in [-0.2, -0.15) is 0 Å². The van der Waals surface area contributed by atoms with Crippen molar-refractivity contribution in [2.75, 3.05) is 0 Å². The maximum Gasteiger partial charge on any atom is 0.125 e. The second kappa shape index (κ2) is 5.22. The van der Waals surface area contributed by atoms with Crippen molar-refractivity contribution in [3.05, 3.63) is 58.5 Å². The first-order chi connectivity index (χ1) is 9.28. The first-order valence-corrected chi connectivity index (χ1v) is 7.24. The summed E-state index contributed by atoms with van der Waals surface area (Å²) in [5, 5.41) is 0. The Kier molecular flexibility index (Phi) is 3.43. The van der Waals surface area contributed by atoms with Crippen LogP contribution in [-0.2, 0) is 19.3 Å². The van der Waals surface area contributed by atoms with Gasteiger partial charge in [-0.25, -0.2) is 0 Å². The van der Waals surface area contributed by atoms with Crippen molar-refractivity contribution < 1.29 is 4.42 Å². The molecule has 0 bridgehead atoms. The Morgan fingerprint density at radius 2 is 1.89 bits per heavy atom. The highest BCUT2D eigenvalue weighted by atomic mass is 16.3. The molecular formula is C17H21NO. The highest BCUT2D eigenvalue weighted by Gasteiger charge is 2.16. The molecule has 0 saturated carbocycles. The van der Waals surface area contributed by atoms with Crippen molar-refractivity contribution in [3.63, 3.8) is 0 Å². The van der Waals surface area contributed by atoms with Crippen LogP contribution < -0.4 is 5.73 Å². The zero-order valence-corrected chi connectivity index (χ0v) is 11.5. The minimum atomic E-state index is -0.146. The van der Waals surface area contributed by atoms with Crippen LogP contribution in [0.15, 0.2) is 34.7 Å². The third kappa shape index (κ3) is 2.45. The van der Waals surface area contributed by atoms with E-state index in [-0.39, 0.29) is 6.04 Å². The predicted octanol–water partition coefficient (Wildman–Crippen LogP) is 3.77. The van der Waals surface area contributed by atoms with E-state index in [4.69, 9.17) is 10.2 Å². The molecule has 2 N–H and O–H groups in total. The molecule has 19 heavy (non-hydrogen) atoms. The van der Waals surface area contributed by atoms with Gasteiger partial charge in [0.05, 0.1) is 6.04 Å². The lowest BCUT2D eigenvalue weighted by molar-refractivity contribution is 0.453. The summed E-state index contributed by atoms with van der Waals surface area (Å²) >= 11 is 0. The fourth-order valence-corrected chi connectivity index (χ4v) is 2.86. The number of benzene rings is 1. The minimum Gasteiger partial charge on any atom is -0.464 e. The second-order valence-corrected chi connectivity index (χ2v) is 5.37. The maximum atomic E-state index is 6.32. The zero-order chi connectivity index (χ0) is 13.2. The first-order valence-electron chi connectivity index (χ1n) is 7.24. The summed E-state index contributed by atoms with van der Waals surface area (Å²) in [5.41, 5.74) is 10.5. The lowest BCUT2D eigenvalue weighted by atomic mass is 9.89. The summed E-state index contributed by atoms with van der Waals surface area (Å²) in [6, 6.07) is 10.5. The standard InChI is InChI=1S/C17H21NO/c1-2-15-9-10-16(19-15)17(18)14-8-7-12-5-3-4-6-13(12)11-14/h7-11,17H,2-6,18H2,1H3. The predicted molar refractivity (Wildman–Crippen MR) is 77.2 cm³/mol. The van der Waals surface area contributed by atoms with Gasteiger partial charge in [0, 0.05) is 6.42 Å². The number of nitrogens with two attached hydrogens (primary N) is 1. The SMILES string of the molecule is CCc1ccc(C(N)c2ccc3c(c2)CCCC3)o1. The van der Waals surface area contributed by atoms with Crippen LogP contribution in [0.1, 0.15) is 54.0 Å². The number of furan rings is 1.